The zero-order valence-electron chi connectivity index (χ0n) is 10.3. The zero-order chi connectivity index (χ0) is 11.6. The average molecular weight is 206 g/mol. The second-order valence-electron chi connectivity index (χ2n) is 5.22. The van der Waals surface area contributed by atoms with Crippen LogP contribution in [-0.4, -0.2) is 11.2 Å². The van der Waals surface area contributed by atoms with Gasteiger partial charge in [-0.05, 0) is 43.3 Å². The van der Waals surface area contributed by atoms with Crippen LogP contribution in [0.5, 0.6) is 0 Å². The van der Waals surface area contributed by atoms with Gasteiger partial charge >= 0.3 is 0 Å². The van der Waals surface area contributed by atoms with Crippen LogP contribution < -0.4 is 0 Å². The molecule has 0 amide bonds. The minimum absolute atomic E-state index is 0.158. The topological polar surface area (TPSA) is 20.2 Å². The van der Waals surface area contributed by atoms with E-state index in [1.807, 2.05) is 6.92 Å². The van der Waals surface area contributed by atoms with Crippen LogP contribution >= 0.6 is 0 Å². The Kier molecular flexibility index (Phi) is 3.56. The molecule has 0 saturated carbocycles. The Morgan fingerprint density at radius 3 is 2.67 bits per heavy atom. The number of hydrogen-bond acceptors (Lipinski definition) is 1. The average Bonchev–Trinajstić information content (AvgIpc) is 1.99. The summed E-state index contributed by atoms with van der Waals surface area (Å²) in [6.07, 6.45) is 5.80. The maximum absolute atomic E-state index is 9.43. The van der Waals surface area contributed by atoms with Crippen LogP contribution in [-0.2, 0) is 0 Å². The van der Waals surface area contributed by atoms with E-state index in [-0.39, 0.29) is 11.5 Å². The van der Waals surface area contributed by atoms with Gasteiger partial charge in [-0.2, -0.15) is 0 Å². The summed E-state index contributed by atoms with van der Waals surface area (Å²) in [5.41, 5.74) is 3.85. The Bertz CT molecular complexity index is 316. The molecule has 15 heavy (non-hydrogen) atoms. The van der Waals surface area contributed by atoms with Crippen molar-refractivity contribution >= 4 is 0 Å². The fraction of sp³-hybridized carbons (Fsp3) is 0.571. The lowest BCUT2D eigenvalue weighted by Crippen LogP contribution is -2.20. The van der Waals surface area contributed by atoms with Crippen molar-refractivity contribution in [3.63, 3.8) is 0 Å². The van der Waals surface area contributed by atoms with Gasteiger partial charge in [0.2, 0.25) is 0 Å². The highest BCUT2D eigenvalue weighted by Gasteiger charge is 2.27. The molecule has 0 aromatic rings. The van der Waals surface area contributed by atoms with Crippen molar-refractivity contribution in [1.82, 2.24) is 0 Å². The number of allylic oxidation sites excluding steroid dienone is 4. The summed E-state index contributed by atoms with van der Waals surface area (Å²) < 4.78 is 0. The summed E-state index contributed by atoms with van der Waals surface area (Å²) in [6.45, 7) is 12.5. The molecular formula is C14H22O. The van der Waals surface area contributed by atoms with E-state index in [0.717, 1.165) is 18.4 Å². The Morgan fingerprint density at radius 2 is 2.20 bits per heavy atom. The van der Waals surface area contributed by atoms with Gasteiger partial charge < -0.3 is 5.11 Å². The highest BCUT2D eigenvalue weighted by molar-refractivity contribution is 5.47. The fourth-order valence-corrected chi connectivity index (χ4v) is 2.51. The second kappa shape index (κ2) is 4.36. The van der Waals surface area contributed by atoms with E-state index < -0.39 is 0 Å². The largest absolute Gasteiger partial charge is 0.393 e. The van der Waals surface area contributed by atoms with Gasteiger partial charge in [0.05, 0.1) is 6.10 Å². The summed E-state index contributed by atoms with van der Waals surface area (Å²) in [7, 11) is 0. The summed E-state index contributed by atoms with van der Waals surface area (Å²) in [5.74, 6) is 0. The van der Waals surface area contributed by atoms with Crippen molar-refractivity contribution in [2.45, 2.75) is 46.6 Å². The van der Waals surface area contributed by atoms with Crippen molar-refractivity contribution < 1.29 is 5.11 Å². The van der Waals surface area contributed by atoms with Crippen LogP contribution in [0.3, 0.4) is 0 Å². The molecule has 1 aliphatic rings. The molecule has 0 fully saturated rings. The molecule has 1 atom stereocenters. The van der Waals surface area contributed by atoms with Crippen LogP contribution in [0.1, 0.15) is 40.5 Å². The molecule has 1 heteroatoms. The van der Waals surface area contributed by atoms with Crippen molar-refractivity contribution in [2.75, 3.05) is 0 Å². The third-order valence-corrected chi connectivity index (χ3v) is 2.97. The maximum atomic E-state index is 9.43. The summed E-state index contributed by atoms with van der Waals surface area (Å²) >= 11 is 0. The third-order valence-electron chi connectivity index (χ3n) is 2.97. The normalized spacial score (nSPS) is 25.3. The smallest absolute Gasteiger partial charge is 0.0549 e. The number of aliphatic hydroxyl groups excluding tert-OH is 1. The van der Waals surface area contributed by atoms with Gasteiger partial charge in [0.15, 0.2) is 0 Å². The zero-order valence-corrected chi connectivity index (χ0v) is 10.3. The first-order valence-electron chi connectivity index (χ1n) is 5.58. The van der Waals surface area contributed by atoms with E-state index in [4.69, 9.17) is 0 Å². The summed E-state index contributed by atoms with van der Waals surface area (Å²) in [5, 5.41) is 9.43. The Balaban J connectivity index is 3.08. The molecule has 1 nitrogen and oxygen atoms in total. The van der Waals surface area contributed by atoms with Crippen LogP contribution in [0.25, 0.3) is 0 Å². The van der Waals surface area contributed by atoms with Gasteiger partial charge in [0.25, 0.3) is 0 Å². The molecule has 0 aromatic heterocycles. The van der Waals surface area contributed by atoms with Crippen LogP contribution in [0.15, 0.2) is 35.5 Å². The van der Waals surface area contributed by atoms with E-state index in [2.05, 4.69) is 39.5 Å². The highest BCUT2D eigenvalue weighted by atomic mass is 16.3. The molecule has 0 radical (unpaired) electrons. The monoisotopic (exact) mass is 206 g/mol. The van der Waals surface area contributed by atoms with Gasteiger partial charge in [0, 0.05) is 0 Å². The van der Waals surface area contributed by atoms with Crippen LogP contribution in [0.2, 0.25) is 0 Å². The molecular weight excluding hydrogens is 184 g/mol. The molecule has 1 unspecified atom stereocenters. The molecule has 84 valence electrons. The molecule has 1 rings (SSSR count). The predicted molar refractivity (Wildman–Crippen MR) is 65.7 cm³/mol. The van der Waals surface area contributed by atoms with Gasteiger partial charge in [-0.1, -0.05) is 38.2 Å². The summed E-state index contributed by atoms with van der Waals surface area (Å²) in [6, 6.07) is 0. The Labute approximate surface area is 93.2 Å². The number of rotatable bonds is 2. The molecule has 0 spiro atoms. The quantitative estimate of drug-likeness (QED) is 0.731. The lowest BCUT2D eigenvalue weighted by Gasteiger charge is -2.33. The van der Waals surface area contributed by atoms with E-state index in [1.165, 1.54) is 11.1 Å². The third kappa shape index (κ3) is 2.82. The SMILES string of the molecule is C=C1C=CCC(C)(C)/C1=C(/C)CC(C)O. The molecule has 0 bridgehead atoms. The Morgan fingerprint density at radius 1 is 1.60 bits per heavy atom. The molecule has 1 aliphatic carbocycles. The minimum atomic E-state index is -0.271. The number of aliphatic hydroxyl groups is 1. The van der Waals surface area contributed by atoms with Crippen LogP contribution in [0.4, 0.5) is 0 Å². The van der Waals surface area contributed by atoms with Gasteiger partial charge in [-0.3, -0.25) is 0 Å². The summed E-state index contributed by atoms with van der Waals surface area (Å²) in [4.78, 5) is 0. The van der Waals surface area contributed by atoms with E-state index in [9.17, 15) is 5.11 Å². The van der Waals surface area contributed by atoms with Crippen molar-refractivity contribution in [1.29, 1.82) is 0 Å². The Hall–Kier alpha value is -0.820. The van der Waals surface area contributed by atoms with E-state index >= 15 is 0 Å². The lowest BCUT2D eigenvalue weighted by molar-refractivity contribution is 0.194. The molecule has 1 N–H and O–H groups in total. The number of hydrogen-bond donors (Lipinski definition) is 1. The molecule has 0 saturated heterocycles. The first-order chi connectivity index (χ1) is 6.84. The van der Waals surface area contributed by atoms with E-state index in [0.29, 0.717) is 0 Å². The molecule has 0 aliphatic heterocycles. The lowest BCUT2D eigenvalue weighted by atomic mass is 9.72. The first kappa shape index (κ1) is 12.3. The van der Waals surface area contributed by atoms with Gasteiger partial charge in [-0.25, -0.2) is 0 Å². The van der Waals surface area contributed by atoms with Gasteiger partial charge in [-0.15, -0.1) is 0 Å². The van der Waals surface area contributed by atoms with Crippen molar-refractivity contribution in [2.24, 2.45) is 5.41 Å². The van der Waals surface area contributed by atoms with Crippen molar-refractivity contribution in [3.8, 4) is 0 Å². The standard InChI is InChI=1S/C14H22O/c1-10-7-6-8-14(4,5)13(10)11(2)9-12(3)15/h6-7,12,15H,1,8-9H2,2-5H3/b13-11-. The molecule has 0 aromatic carbocycles. The van der Waals surface area contributed by atoms with Gasteiger partial charge in [0.1, 0.15) is 0 Å². The first-order valence-corrected chi connectivity index (χ1v) is 5.58. The van der Waals surface area contributed by atoms with Crippen molar-refractivity contribution in [3.05, 3.63) is 35.5 Å². The highest BCUT2D eigenvalue weighted by Crippen LogP contribution is 2.41. The second-order valence-corrected chi connectivity index (χ2v) is 5.22. The fourth-order valence-electron chi connectivity index (χ4n) is 2.51. The predicted octanol–water partition coefficient (Wildman–Crippen LogP) is 3.62. The maximum Gasteiger partial charge on any atom is 0.0549 e. The minimum Gasteiger partial charge on any atom is -0.393 e. The molecule has 0 heterocycles. The van der Waals surface area contributed by atoms with E-state index in [1.54, 1.807) is 0 Å². The van der Waals surface area contributed by atoms with Crippen LogP contribution in [0, 0.1) is 5.41 Å².